The Kier molecular flexibility index (Phi) is 3.53. The van der Waals surface area contributed by atoms with Crippen molar-refractivity contribution in [3.63, 3.8) is 0 Å². The highest BCUT2D eigenvalue weighted by Gasteiger charge is 2.31. The van der Waals surface area contributed by atoms with Crippen molar-refractivity contribution in [1.82, 2.24) is 4.98 Å². The summed E-state index contributed by atoms with van der Waals surface area (Å²) in [5.74, 6) is 0.900. The van der Waals surface area contributed by atoms with Gasteiger partial charge in [-0.05, 0) is 11.5 Å². The number of rotatable bonds is 3. The van der Waals surface area contributed by atoms with Crippen LogP contribution in [0, 0.1) is 5.92 Å². The number of benzene rings is 1. The quantitative estimate of drug-likeness (QED) is 0.812. The van der Waals surface area contributed by atoms with Crippen LogP contribution in [-0.4, -0.2) is 23.3 Å². The summed E-state index contributed by atoms with van der Waals surface area (Å²) in [6.45, 7) is 0.685. The second-order valence-electron chi connectivity index (χ2n) is 4.60. The van der Waals surface area contributed by atoms with Gasteiger partial charge >= 0.3 is 0 Å². The fraction of sp³-hybridized carbons (Fsp3) is 0.286. The molecule has 3 rings (SSSR count). The maximum absolute atomic E-state index is 11.9. The molecule has 0 radical (unpaired) electrons. The van der Waals surface area contributed by atoms with E-state index in [4.69, 9.17) is 11.6 Å². The number of anilines is 1. The van der Waals surface area contributed by atoms with E-state index in [2.05, 4.69) is 4.98 Å². The largest absolute Gasteiger partial charge is 0.288 e. The summed E-state index contributed by atoms with van der Waals surface area (Å²) in [5, 5.41) is 0.775. The van der Waals surface area contributed by atoms with Crippen molar-refractivity contribution in [2.45, 2.75) is 6.42 Å². The summed E-state index contributed by atoms with van der Waals surface area (Å²) in [6.07, 6.45) is 2.36. The van der Waals surface area contributed by atoms with Crippen molar-refractivity contribution in [2.75, 3.05) is 17.3 Å². The van der Waals surface area contributed by atoms with Crippen molar-refractivity contribution < 1.29 is 4.79 Å². The van der Waals surface area contributed by atoms with Gasteiger partial charge < -0.3 is 0 Å². The first-order chi connectivity index (χ1) is 9.28. The molecule has 1 fully saturated rings. The lowest BCUT2D eigenvalue weighted by atomic mass is 10.2. The number of carbonyl (C=O) groups excluding carboxylic acids is 1. The Labute approximate surface area is 120 Å². The van der Waals surface area contributed by atoms with Crippen LogP contribution >= 0.6 is 22.9 Å². The molecule has 98 valence electrons. The first-order valence-electron chi connectivity index (χ1n) is 6.15. The molecule has 1 aliphatic rings. The molecule has 19 heavy (non-hydrogen) atoms. The van der Waals surface area contributed by atoms with Gasteiger partial charge in [0, 0.05) is 25.0 Å². The SMILES string of the molecule is O=C1CC(CCl)CN1c1ncc(-c2ccccc2)s1. The van der Waals surface area contributed by atoms with E-state index in [-0.39, 0.29) is 11.8 Å². The van der Waals surface area contributed by atoms with E-state index in [0.717, 1.165) is 15.6 Å². The van der Waals surface area contributed by atoms with Gasteiger partial charge in [-0.3, -0.25) is 9.69 Å². The number of halogens is 1. The Balaban J connectivity index is 1.84. The Morgan fingerprint density at radius 1 is 1.37 bits per heavy atom. The second-order valence-corrected chi connectivity index (χ2v) is 5.92. The maximum Gasteiger partial charge on any atom is 0.229 e. The normalized spacial score (nSPS) is 19.1. The van der Waals surface area contributed by atoms with Gasteiger partial charge in [0.2, 0.25) is 5.91 Å². The average molecular weight is 293 g/mol. The molecule has 5 heteroatoms. The predicted octanol–water partition coefficient (Wildman–Crippen LogP) is 3.40. The third kappa shape index (κ3) is 2.51. The van der Waals surface area contributed by atoms with Gasteiger partial charge in [-0.1, -0.05) is 41.7 Å². The minimum Gasteiger partial charge on any atom is -0.288 e. The van der Waals surface area contributed by atoms with Crippen molar-refractivity contribution >= 4 is 34.0 Å². The summed E-state index contributed by atoms with van der Waals surface area (Å²) in [5.41, 5.74) is 1.13. The molecule has 0 saturated carbocycles. The van der Waals surface area contributed by atoms with Gasteiger partial charge in [-0.15, -0.1) is 11.6 Å². The van der Waals surface area contributed by atoms with Gasteiger partial charge in [-0.25, -0.2) is 4.98 Å². The lowest BCUT2D eigenvalue weighted by Crippen LogP contribution is -2.24. The van der Waals surface area contributed by atoms with E-state index in [0.29, 0.717) is 18.8 Å². The van der Waals surface area contributed by atoms with Crippen LogP contribution in [0.3, 0.4) is 0 Å². The first kappa shape index (κ1) is 12.6. The molecule has 1 saturated heterocycles. The van der Waals surface area contributed by atoms with Gasteiger partial charge in [0.15, 0.2) is 5.13 Å². The van der Waals surface area contributed by atoms with E-state index < -0.39 is 0 Å². The van der Waals surface area contributed by atoms with Crippen LogP contribution in [0.2, 0.25) is 0 Å². The van der Waals surface area contributed by atoms with Crippen molar-refractivity contribution in [3.8, 4) is 10.4 Å². The molecular weight excluding hydrogens is 280 g/mol. The zero-order chi connectivity index (χ0) is 13.2. The number of nitrogens with zero attached hydrogens (tertiary/aromatic N) is 2. The maximum atomic E-state index is 11.9. The van der Waals surface area contributed by atoms with E-state index in [1.165, 1.54) is 0 Å². The molecule has 1 amide bonds. The van der Waals surface area contributed by atoms with Crippen LogP contribution in [0.1, 0.15) is 6.42 Å². The number of thiazole rings is 1. The predicted molar refractivity (Wildman–Crippen MR) is 78.7 cm³/mol. The molecule has 0 N–H and O–H groups in total. The minimum atomic E-state index is 0.125. The van der Waals surface area contributed by atoms with Gasteiger partial charge in [0.1, 0.15) is 0 Å². The first-order valence-corrected chi connectivity index (χ1v) is 7.50. The van der Waals surface area contributed by atoms with Crippen LogP contribution in [0.15, 0.2) is 36.5 Å². The van der Waals surface area contributed by atoms with Gasteiger partial charge in [-0.2, -0.15) is 0 Å². The fourth-order valence-corrected chi connectivity index (χ4v) is 3.35. The molecule has 0 bridgehead atoms. The highest BCUT2D eigenvalue weighted by molar-refractivity contribution is 7.19. The Morgan fingerprint density at radius 2 is 2.16 bits per heavy atom. The van der Waals surface area contributed by atoms with E-state index in [1.807, 2.05) is 36.5 Å². The second kappa shape index (κ2) is 5.31. The van der Waals surface area contributed by atoms with Gasteiger partial charge in [0.05, 0.1) is 4.88 Å². The number of hydrogen-bond donors (Lipinski definition) is 0. The van der Waals surface area contributed by atoms with Crippen molar-refractivity contribution in [2.24, 2.45) is 5.92 Å². The smallest absolute Gasteiger partial charge is 0.229 e. The Hall–Kier alpha value is -1.39. The average Bonchev–Trinajstić information content (AvgIpc) is 3.06. The van der Waals surface area contributed by atoms with Crippen LogP contribution in [0.4, 0.5) is 5.13 Å². The number of amides is 1. The molecule has 0 aliphatic carbocycles. The molecule has 1 unspecified atom stereocenters. The number of aromatic nitrogens is 1. The zero-order valence-corrected chi connectivity index (χ0v) is 11.8. The number of alkyl halides is 1. The third-order valence-corrected chi connectivity index (χ3v) is 4.71. The minimum absolute atomic E-state index is 0.125. The monoisotopic (exact) mass is 292 g/mol. The van der Waals surface area contributed by atoms with Crippen LogP contribution < -0.4 is 4.90 Å². The molecule has 1 aromatic heterocycles. The summed E-state index contributed by atoms with van der Waals surface area (Å²) in [4.78, 5) is 19.1. The number of hydrogen-bond acceptors (Lipinski definition) is 3. The lowest BCUT2D eigenvalue weighted by molar-refractivity contribution is -0.117. The molecular formula is C14H13ClN2OS. The Bertz CT molecular complexity index is 584. The molecule has 0 spiro atoms. The van der Waals surface area contributed by atoms with E-state index in [1.54, 1.807) is 16.2 Å². The molecule has 2 aromatic rings. The van der Waals surface area contributed by atoms with Crippen LogP contribution in [0.25, 0.3) is 10.4 Å². The van der Waals surface area contributed by atoms with E-state index >= 15 is 0 Å². The molecule has 3 nitrogen and oxygen atoms in total. The molecule has 1 atom stereocenters. The number of carbonyl (C=O) groups is 1. The standard InChI is InChI=1S/C14H13ClN2OS/c15-7-10-6-13(18)17(9-10)14-16-8-12(19-14)11-4-2-1-3-5-11/h1-5,8,10H,6-7,9H2. The summed E-state index contributed by atoms with van der Waals surface area (Å²) in [7, 11) is 0. The highest BCUT2D eigenvalue weighted by Crippen LogP contribution is 2.34. The summed E-state index contributed by atoms with van der Waals surface area (Å²) < 4.78 is 0. The summed E-state index contributed by atoms with van der Waals surface area (Å²) in [6, 6.07) is 10.1. The fourth-order valence-electron chi connectivity index (χ4n) is 2.20. The lowest BCUT2D eigenvalue weighted by Gasteiger charge is -2.11. The topological polar surface area (TPSA) is 33.2 Å². The summed E-state index contributed by atoms with van der Waals surface area (Å²) >= 11 is 7.38. The van der Waals surface area contributed by atoms with Crippen LogP contribution in [-0.2, 0) is 4.79 Å². The third-order valence-electron chi connectivity index (χ3n) is 3.21. The van der Waals surface area contributed by atoms with Crippen LogP contribution in [0.5, 0.6) is 0 Å². The van der Waals surface area contributed by atoms with Gasteiger partial charge in [0.25, 0.3) is 0 Å². The molecule has 1 aliphatic heterocycles. The Morgan fingerprint density at radius 3 is 2.84 bits per heavy atom. The van der Waals surface area contributed by atoms with E-state index in [9.17, 15) is 4.79 Å². The van der Waals surface area contributed by atoms with Crippen molar-refractivity contribution in [3.05, 3.63) is 36.5 Å². The van der Waals surface area contributed by atoms with Crippen molar-refractivity contribution in [1.29, 1.82) is 0 Å². The highest BCUT2D eigenvalue weighted by atomic mass is 35.5. The zero-order valence-electron chi connectivity index (χ0n) is 10.3. The molecule has 1 aromatic carbocycles. The molecule has 2 heterocycles.